The summed E-state index contributed by atoms with van der Waals surface area (Å²) in [5.74, 6) is 0. The summed E-state index contributed by atoms with van der Waals surface area (Å²) in [5.41, 5.74) is 5.82. The molecule has 1 aliphatic rings. The van der Waals surface area contributed by atoms with E-state index in [0.717, 1.165) is 11.3 Å². The lowest BCUT2D eigenvalue weighted by molar-refractivity contribution is 0.408. The molecule has 0 unspecified atom stereocenters. The lowest BCUT2D eigenvalue weighted by atomic mass is 10.0. The third-order valence-corrected chi connectivity index (χ3v) is 3.27. The minimum atomic E-state index is 0.855. The van der Waals surface area contributed by atoms with Crippen LogP contribution in [0.25, 0.3) is 17.7 Å². The molecule has 0 bridgehead atoms. The third-order valence-electron chi connectivity index (χ3n) is 3.27. The van der Waals surface area contributed by atoms with Crippen LogP contribution in [0.1, 0.15) is 16.7 Å². The van der Waals surface area contributed by atoms with Gasteiger partial charge < -0.3 is 0 Å². The molecule has 0 saturated heterocycles. The van der Waals surface area contributed by atoms with Gasteiger partial charge in [-0.05, 0) is 40.5 Å². The number of nitrogens with zero attached hydrogens (tertiary/aromatic N) is 3. The molecular weight excluding hydrogens is 258 g/mol. The average Bonchev–Trinajstić information content (AvgIpc) is 2.90. The Morgan fingerprint density at radius 3 is 2.43 bits per heavy atom. The van der Waals surface area contributed by atoms with E-state index in [1.807, 2.05) is 26.2 Å². The Balaban J connectivity index is 1.83. The summed E-state index contributed by atoms with van der Waals surface area (Å²) in [6.45, 7) is 0. The molecule has 0 saturated carbocycles. The van der Waals surface area contributed by atoms with E-state index in [1.165, 1.54) is 16.7 Å². The maximum atomic E-state index is 4.13. The van der Waals surface area contributed by atoms with Crippen LogP contribution < -0.4 is 0 Å². The quantitative estimate of drug-likeness (QED) is 0.583. The Morgan fingerprint density at radius 2 is 1.67 bits per heavy atom. The highest BCUT2D eigenvalue weighted by Crippen LogP contribution is 2.30. The van der Waals surface area contributed by atoms with Gasteiger partial charge in [0.25, 0.3) is 0 Å². The third kappa shape index (κ3) is 3.08. The molecule has 0 aromatic heterocycles. The van der Waals surface area contributed by atoms with Crippen LogP contribution in [-0.4, -0.2) is 19.1 Å². The molecule has 21 heavy (non-hydrogen) atoms. The molecule has 0 N–H and O–H groups in total. The zero-order chi connectivity index (χ0) is 14.7. The second kappa shape index (κ2) is 5.75. The number of hydrogen-bond donors (Lipinski definition) is 0. The molecule has 104 valence electrons. The molecule has 3 nitrogen and oxygen atoms in total. The maximum absolute atomic E-state index is 4.13. The summed E-state index contributed by atoms with van der Waals surface area (Å²) in [5, 5.41) is 9.80. The van der Waals surface area contributed by atoms with Gasteiger partial charge in [-0.15, -0.1) is 5.11 Å². The molecule has 0 spiro atoms. The second-order valence-electron chi connectivity index (χ2n) is 5.15. The summed E-state index contributed by atoms with van der Waals surface area (Å²) in [6, 6.07) is 16.5. The van der Waals surface area contributed by atoms with E-state index in [4.69, 9.17) is 0 Å². The monoisotopic (exact) mass is 275 g/mol. The van der Waals surface area contributed by atoms with Crippen molar-refractivity contribution >= 4 is 23.4 Å². The second-order valence-corrected chi connectivity index (χ2v) is 5.15. The highest BCUT2D eigenvalue weighted by molar-refractivity contribution is 5.97. The Bertz CT molecular complexity index is 722. The van der Waals surface area contributed by atoms with Crippen molar-refractivity contribution in [3.8, 4) is 0 Å². The first-order valence-corrected chi connectivity index (χ1v) is 6.90. The Morgan fingerprint density at radius 1 is 0.905 bits per heavy atom. The van der Waals surface area contributed by atoms with Gasteiger partial charge in [0.15, 0.2) is 0 Å². The number of fused-ring (bicyclic) bond motifs is 1. The van der Waals surface area contributed by atoms with Crippen LogP contribution in [0.5, 0.6) is 0 Å². The van der Waals surface area contributed by atoms with Crippen molar-refractivity contribution in [3.63, 3.8) is 0 Å². The minimum absolute atomic E-state index is 0.855. The normalized spacial score (nSPS) is 14.9. The number of rotatable bonds is 3. The molecule has 2 aromatic carbocycles. The first-order chi connectivity index (χ1) is 10.2. The summed E-state index contributed by atoms with van der Waals surface area (Å²) in [6.07, 6.45) is 6.50. The van der Waals surface area contributed by atoms with Crippen molar-refractivity contribution in [2.24, 2.45) is 10.3 Å². The molecule has 0 aliphatic heterocycles. The molecule has 1 aliphatic carbocycles. The smallest absolute Gasteiger partial charge is 0.0874 e. The van der Waals surface area contributed by atoms with Crippen molar-refractivity contribution in [3.05, 3.63) is 71.3 Å². The van der Waals surface area contributed by atoms with Gasteiger partial charge in [0, 0.05) is 14.1 Å². The van der Waals surface area contributed by atoms with Crippen molar-refractivity contribution in [1.29, 1.82) is 0 Å². The summed E-state index contributed by atoms with van der Waals surface area (Å²) < 4.78 is 0. The zero-order valence-electron chi connectivity index (χ0n) is 12.2. The summed E-state index contributed by atoms with van der Waals surface area (Å²) >= 11 is 0. The van der Waals surface area contributed by atoms with E-state index in [1.54, 1.807) is 5.01 Å². The minimum Gasteiger partial charge on any atom is -0.285 e. The molecule has 2 aromatic rings. The van der Waals surface area contributed by atoms with Crippen LogP contribution in [0, 0.1) is 0 Å². The van der Waals surface area contributed by atoms with Gasteiger partial charge in [-0.2, -0.15) is 0 Å². The topological polar surface area (TPSA) is 28.0 Å². The lowest BCUT2D eigenvalue weighted by Gasteiger charge is -2.02. The highest BCUT2D eigenvalue weighted by atomic mass is 15.5. The predicted molar refractivity (Wildman–Crippen MR) is 88.0 cm³/mol. The van der Waals surface area contributed by atoms with Crippen molar-refractivity contribution in [2.45, 2.75) is 0 Å². The molecule has 0 radical (unpaired) electrons. The van der Waals surface area contributed by atoms with Gasteiger partial charge in [0.2, 0.25) is 0 Å². The van der Waals surface area contributed by atoms with E-state index in [2.05, 4.69) is 65.0 Å². The number of hydrogen-bond acceptors (Lipinski definition) is 2. The highest BCUT2D eigenvalue weighted by Gasteiger charge is 2.08. The van der Waals surface area contributed by atoms with Crippen LogP contribution >= 0.6 is 0 Å². The summed E-state index contributed by atoms with van der Waals surface area (Å²) in [4.78, 5) is 0. The molecule has 0 heterocycles. The largest absolute Gasteiger partial charge is 0.285 e. The number of allylic oxidation sites excluding steroid dienone is 2. The molecular formula is C18H17N3. The Labute approximate surface area is 124 Å². The van der Waals surface area contributed by atoms with Crippen LogP contribution in [0.15, 0.2) is 64.9 Å². The Hall–Kier alpha value is -2.68. The van der Waals surface area contributed by atoms with E-state index >= 15 is 0 Å². The van der Waals surface area contributed by atoms with E-state index in [9.17, 15) is 0 Å². The van der Waals surface area contributed by atoms with Crippen LogP contribution in [-0.2, 0) is 0 Å². The molecule has 0 amide bonds. The SMILES string of the molecule is CN(C)N=Nc1ccc(/C=C2\C=Cc3ccccc32)cc1. The standard InChI is InChI=1S/C18H17N3/c1-21(2)20-19-17-11-7-14(8-12-17)13-16-10-9-15-5-3-4-6-18(15)16/h3-13H,1-2H3/b16-13+,20-19?. The maximum Gasteiger partial charge on any atom is 0.0874 e. The van der Waals surface area contributed by atoms with Crippen LogP contribution in [0.4, 0.5) is 5.69 Å². The average molecular weight is 275 g/mol. The van der Waals surface area contributed by atoms with Crippen LogP contribution in [0.3, 0.4) is 0 Å². The predicted octanol–water partition coefficient (Wildman–Crippen LogP) is 4.81. The fourth-order valence-corrected chi connectivity index (χ4v) is 2.26. The first-order valence-electron chi connectivity index (χ1n) is 6.90. The fourth-order valence-electron chi connectivity index (χ4n) is 2.26. The first kappa shape index (κ1) is 13.3. The van der Waals surface area contributed by atoms with Crippen molar-refractivity contribution < 1.29 is 0 Å². The Kier molecular flexibility index (Phi) is 3.65. The van der Waals surface area contributed by atoms with E-state index in [-0.39, 0.29) is 0 Å². The fraction of sp³-hybridized carbons (Fsp3) is 0.111. The van der Waals surface area contributed by atoms with E-state index < -0.39 is 0 Å². The van der Waals surface area contributed by atoms with Gasteiger partial charge in [-0.1, -0.05) is 53.8 Å². The van der Waals surface area contributed by atoms with Gasteiger partial charge >= 0.3 is 0 Å². The van der Waals surface area contributed by atoms with Gasteiger partial charge in [-0.25, -0.2) is 0 Å². The molecule has 0 fully saturated rings. The number of benzene rings is 2. The molecule has 0 atom stereocenters. The zero-order valence-corrected chi connectivity index (χ0v) is 12.2. The molecule has 3 heteroatoms. The van der Waals surface area contributed by atoms with Crippen molar-refractivity contribution in [2.75, 3.05) is 14.1 Å². The summed E-state index contributed by atoms with van der Waals surface area (Å²) in [7, 11) is 3.71. The van der Waals surface area contributed by atoms with Crippen LogP contribution in [0.2, 0.25) is 0 Å². The van der Waals surface area contributed by atoms with Gasteiger partial charge in [0.1, 0.15) is 0 Å². The van der Waals surface area contributed by atoms with E-state index in [0.29, 0.717) is 0 Å². The lowest BCUT2D eigenvalue weighted by Crippen LogP contribution is -1.98. The van der Waals surface area contributed by atoms with Gasteiger partial charge in [-0.3, -0.25) is 5.01 Å². The molecule has 3 rings (SSSR count). The van der Waals surface area contributed by atoms with Crippen molar-refractivity contribution in [1.82, 2.24) is 5.01 Å². The van der Waals surface area contributed by atoms with Gasteiger partial charge in [0.05, 0.1) is 5.69 Å².